The second kappa shape index (κ2) is 10.5. The molecule has 188 valence electrons. The van der Waals surface area contributed by atoms with Gasteiger partial charge >= 0.3 is 0 Å². The fraction of sp³-hybridized carbons (Fsp3) is 0.393. The molecule has 0 aliphatic carbocycles. The Kier molecular flexibility index (Phi) is 7.04. The van der Waals surface area contributed by atoms with Crippen molar-refractivity contribution in [1.82, 2.24) is 19.6 Å². The molecule has 8 nitrogen and oxygen atoms in total. The molecule has 1 fully saturated rings. The van der Waals surface area contributed by atoms with E-state index >= 15 is 0 Å². The number of para-hydroxylation sites is 1. The first-order chi connectivity index (χ1) is 17.6. The number of carbonyl (C=O) groups excluding carboxylic acids is 2. The van der Waals surface area contributed by atoms with E-state index in [1.165, 1.54) is 5.69 Å². The Hall–Kier alpha value is -3.65. The number of nitrogens with zero attached hydrogens (tertiary/aromatic N) is 5. The van der Waals surface area contributed by atoms with Crippen LogP contribution in [0.4, 0.5) is 5.69 Å². The molecule has 2 aliphatic heterocycles. The minimum absolute atomic E-state index is 0.0492. The lowest BCUT2D eigenvalue weighted by Crippen LogP contribution is -2.49. The number of hydrogen-bond donors (Lipinski definition) is 0. The van der Waals surface area contributed by atoms with Crippen LogP contribution in [0.3, 0.4) is 0 Å². The second-order valence-corrected chi connectivity index (χ2v) is 9.24. The number of benzene rings is 2. The predicted octanol–water partition coefficient (Wildman–Crippen LogP) is 3.14. The number of rotatable bonds is 6. The topological polar surface area (TPSA) is 70.9 Å². The monoisotopic (exact) mass is 487 g/mol. The zero-order valence-corrected chi connectivity index (χ0v) is 21.0. The van der Waals surface area contributed by atoms with Crippen LogP contribution in [-0.4, -0.2) is 71.2 Å². The molecule has 3 aromatic rings. The van der Waals surface area contributed by atoms with Crippen LogP contribution < -0.4 is 4.90 Å². The third kappa shape index (κ3) is 4.60. The van der Waals surface area contributed by atoms with E-state index in [0.29, 0.717) is 44.8 Å². The van der Waals surface area contributed by atoms with Crippen LogP contribution >= 0.6 is 0 Å². The normalized spacial score (nSPS) is 16.6. The van der Waals surface area contributed by atoms with E-state index in [-0.39, 0.29) is 11.8 Å². The first kappa shape index (κ1) is 24.1. The van der Waals surface area contributed by atoms with E-state index < -0.39 is 6.10 Å². The Morgan fingerprint density at radius 3 is 2.22 bits per heavy atom. The van der Waals surface area contributed by atoms with Crippen molar-refractivity contribution in [3.63, 3.8) is 0 Å². The van der Waals surface area contributed by atoms with Crippen molar-refractivity contribution in [1.29, 1.82) is 0 Å². The van der Waals surface area contributed by atoms with E-state index in [2.05, 4.69) is 17.0 Å². The molecule has 0 unspecified atom stereocenters. The Morgan fingerprint density at radius 1 is 0.917 bits per heavy atom. The molecule has 0 saturated carbocycles. The lowest BCUT2D eigenvalue weighted by atomic mass is 10.0. The van der Waals surface area contributed by atoms with Gasteiger partial charge in [-0.05, 0) is 24.6 Å². The summed E-state index contributed by atoms with van der Waals surface area (Å²) in [5.41, 5.74) is 4.41. The van der Waals surface area contributed by atoms with Gasteiger partial charge in [0.2, 0.25) is 0 Å². The highest BCUT2D eigenvalue weighted by atomic mass is 16.5. The lowest BCUT2D eigenvalue weighted by molar-refractivity contribution is -0.143. The molecule has 5 rings (SSSR count). The van der Waals surface area contributed by atoms with Crippen LogP contribution in [0.1, 0.15) is 40.3 Å². The van der Waals surface area contributed by atoms with E-state index in [1.807, 2.05) is 65.0 Å². The highest BCUT2D eigenvalue weighted by molar-refractivity contribution is 5.94. The average Bonchev–Trinajstić information content (AvgIpc) is 3.32. The molecular weight excluding hydrogens is 454 g/mol. The summed E-state index contributed by atoms with van der Waals surface area (Å²) < 4.78 is 7.52. The van der Waals surface area contributed by atoms with E-state index in [1.54, 1.807) is 12.0 Å². The van der Waals surface area contributed by atoms with Gasteiger partial charge in [0, 0.05) is 76.3 Å². The number of ether oxygens (including phenoxy) is 1. The molecule has 0 radical (unpaired) electrons. The zero-order valence-electron chi connectivity index (χ0n) is 21.0. The zero-order chi connectivity index (χ0) is 25.1. The van der Waals surface area contributed by atoms with Crippen molar-refractivity contribution in [2.45, 2.75) is 32.5 Å². The third-order valence-electron chi connectivity index (χ3n) is 7.20. The quantitative estimate of drug-likeness (QED) is 0.534. The number of piperazine rings is 1. The molecule has 0 spiro atoms. The van der Waals surface area contributed by atoms with Crippen LogP contribution in [0, 0.1) is 0 Å². The van der Waals surface area contributed by atoms with Gasteiger partial charge in [-0.15, -0.1) is 0 Å². The first-order valence-corrected chi connectivity index (χ1v) is 12.6. The van der Waals surface area contributed by atoms with Gasteiger partial charge in [-0.3, -0.25) is 14.3 Å². The minimum Gasteiger partial charge on any atom is -0.368 e. The average molecular weight is 488 g/mol. The number of methoxy groups -OCH3 is 1. The molecule has 1 saturated heterocycles. The summed E-state index contributed by atoms with van der Waals surface area (Å²) in [6, 6.07) is 19.8. The molecule has 1 aromatic heterocycles. The van der Waals surface area contributed by atoms with Crippen LogP contribution in [0.15, 0.2) is 60.7 Å². The van der Waals surface area contributed by atoms with Crippen molar-refractivity contribution >= 4 is 17.5 Å². The molecule has 0 bridgehead atoms. The Bertz CT molecular complexity index is 1200. The molecule has 3 heterocycles. The number of aryl methyl sites for hydroxylation is 1. The van der Waals surface area contributed by atoms with Gasteiger partial charge in [-0.25, -0.2) is 0 Å². The Morgan fingerprint density at radius 2 is 1.58 bits per heavy atom. The molecule has 0 N–H and O–H groups in total. The van der Waals surface area contributed by atoms with Gasteiger partial charge < -0.3 is 19.4 Å². The van der Waals surface area contributed by atoms with Crippen LogP contribution in [0.2, 0.25) is 0 Å². The molecular formula is C28H33N5O3. The molecule has 1 atom stereocenters. The SMILES string of the molecule is CCn1nc(C(=O)N2CCN(c3ccccc3)CC2)c2c1CCN(C(=O)[C@H](OC)c1ccccc1)C2. The standard InChI is InChI=1S/C28H33N5O3/c1-3-33-24-14-15-32(28(35)26(36-2)21-10-6-4-7-11-21)20-23(24)25(29-33)27(34)31-18-16-30(17-19-31)22-12-8-5-9-13-22/h4-13,26H,3,14-20H2,1-2H3/t26-/m1/s1. The van der Waals surface area contributed by atoms with Gasteiger partial charge in [0.1, 0.15) is 0 Å². The fourth-order valence-electron chi connectivity index (χ4n) is 5.24. The number of carbonyl (C=O) groups is 2. The largest absolute Gasteiger partial charge is 0.368 e. The summed E-state index contributed by atoms with van der Waals surface area (Å²) in [7, 11) is 1.56. The maximum Gasteiger partial charge on any atom is 0.274 e. The van der Waals surface area contributed by atoms with Gasteiger partial charge in [-0.1, -0.05) is 48.5 Å². The predicted molar refractivity (Wildman–Crippen MR) is 138 cm³/mol. The molecule has 36 heavy (non-hydrogen) atoms. The van der Waals surface area contributed by atoms with Gasteiger partial charge in [0.05, 0.1) is 0 Å². The lowest BCUT2D eigenvalue weighted by Gasteiger charge is -2.36. The van der Waals surface area contributed by atoms with E-state index in [0.717, 1.165) is 29.9 Å². The van der Waals surface area contributed by atoms with Gasteiger partial charge in [0.15, 0.2) is 11.8 Å². The summed E-state index contributed by atoms with van der Waals surface area (Å²) >= 11 is 0. The molecule has 8 heteroatoms. The van der Waals surface area contributed by atoms with Crippen molar-refractivity contribution in [2.75, 3.05) is 44.7 Å². The van der Waals surface area contributed by atoms with E-state index in [4.69, 9.17) is 9.84 Å². The van der Waals surface area contributed by atoms with Gasteiger partial charge in [0.25, 0.3) is 11.8 Å². The summed E-state index contributed by atoms with van der Waals surface area (Å²) in [5.74, 6) is -0.139. The number of amides is 2. The summed E-state index contributed by atoms with van der Waals surface area (Å²) in [6.45, 7) is 6.52. The molecule has 2 amide bonds. The highest BCUT2D eigenvalue weighted by Gasteiger charge is 2.35. The van der Waals surface area contributed by atoms with Crippen LogP contribution in [0.25, 0.3) is 0 Å². The highest BCUT2D eigenvalue weighted by Crippen LogP contribution is 2.28. The van der Waals surface area contributed by atoms with E-state index in [9.17, 15) is 9.59 Å². The Balaban J connectivity index is 1.33. The maximum atomic E-state index is 13.6. The Labute approximate surface area is 212 Å². The fourth-order valence-corrected chi connectivity index (χ4v) is 5.24. The number of aromatic nitrogens is 2. The van der Waals surface area contributed by atoms with Crippen molar-refractivity contribution in [3.8, 4) is 0 Å². The van der Waals surface area contributed by atoms with Crippen LogP contribution in [0.5, 0.6) is 0 Å². The first-order valence-electron chi connectivity index (χ1n) is 12.6. The number of hydrogen-bond acceptors (Lipinski definition) is 5. The number of anilines is 1. The summed E-state index contributed by atoms with van der Waals surface area (Å²) in [6.07, 6.45) is 0.00143. The van der Waals surface area contributed by atoms with Crippen molar-refractivity contribution in [2.24, 2.45) is 0 Å². The van der Waals surface area contributed by atoms with Gasteiger partial charge in [-0.2, -0.15) is 5.10 Å². The molecule has 2 aliphatic rings. The third-order valence-corrected chi connectivity index (χ3v) is 7.20. The summed E-state index contributed by atoms with van der Waals surface area (Å²) in [5, 5.41) is 4.72. The minimum atomic E-state index is -0.667. The van der Waals surface area contributed by atoms with Crippen molar-refractivity contribution in [3.05, 3.63) is 83.2 Å². The van der Waals surface area contributed by atoms with Crippen molar-refractivity contribution < 1.29 is 14.3 Å². The summed E-state index contributed by atoms with van der Waals surface area (Å²) in [4.78, 5) is 33.1. The second-order valence-electron chi connectivity index (χ2n) is 9.24. The smallest absolute Gasteiger partial charge is 0.274 e. The number of fused-ring (bicyclic) bond motifs is 1. The maximum absolute atomic E-state index is 13.6. The van der Waals surface area contributed by atoms with Crippen LogP contribution in [-0.2, 0) is 29.0 Å². The molecule has 2 aromatic carbocycles.